The predicted octanol–water partition coefficient (Wildman–Crippen LogP) is 2.95. The van der Waals surface area contributed by atoms with E-state index in [2.05, 4.69) is 31.4 Å². The van der Waals surface area contributed by atoms with Gasteiger partial charge in [-0.3, -0.25) is 4.40 Å². The minimum absolute atomic E-state index is 0.807. The molecule has 0 bridgehead atoms. The summed E-state index contributed by atoms with van der Waals surface area (Å²) in [6.45, 7) is 0. The molecule has 0 unspecified atom stereocenters. The molecule has 68 valence electrons. The molecule has 0 spiro atoms. The van der Waals surface area contributed by atoms with Crippen LogP contribution in [0.15, 0.2) is 29.6 Å². The van der Waals surface area contributed by atoms with E-state index in [4.69, 9.17) is 0 Å². The topological polar surface area (TPSA) is 17.3 Å². The lowest BCUT2D eigenvalue weighted by Gasteiger charge is -1.95. The number of fused-ring (bicyclic) bond motifs is 1. The molecule has 13 heavy (non-hydrogen) atoms. The van der Waals surface area contributed by atoms with Crippen molar-refractivity contribution in [3.63, 3.8) is 0 Å². The summed E-state index contributed by atoms with van der Waals surface area (Å²) < 4.78 is 2.11. The summed E-state index contributed by atoms with van der Waals surface area (Å²) in [7, 11) is 0. The van der Waals surface area contributed by atoms with Crippen LogP contribution >= 0.6 is 27.7 Å². The van der Waals surface area contributed by atoms with Crippen molar-refractivity contribution in [2.45, 2.75) is 10.5 Å². The van der Waals surface area contributed by atoms with E-state index < -0.39 is 0 Å². The minimum atomic E-state index is 0.807. The zero-order chi connectivity index (χ0) is 9.26. The Balaban J connectivity index is 2.74. The molecule has 0 fully saturated rings. The summed E-state index contributed by atoms with van der Waals surface area (Å²) in [4.78, 5) is 4.51. The standard InChI is InChI=1S/C9H9BrN2S/c1-13-9-11-7(6-10)8-4-2-3-5-12(8)9/h2-5H,6H2,1H3. The zero-order valence-electron chi connectivity index (χ0n) is 7.20. The number of aromatic nitrogens is 2. The fourth-order valence-electron chi connectivity index (χ4n) is 1.31. The molecule has 2 aromatic rings. The van der Waals surface area contributed by atoms with Gasteiger partial charge < -0.3 is 0 Å². The molecular formula is C9H9BrN2S. The fourth-order valence-corrected chi connectivity index (χ4v) is 2.28. The Bertz CT molecular complexity index is 386. The van der Waals surface area contributed by atoms with Gasteiger partial charge in [-0.2, -0.15) is 0 Å². The largest absolute Gasteiger partial charge is 0.295 e. The summed E-state index contributed by atoms with van der Waals surface area (Å²) >= 11 is 5.10. The molecule has 0 radical (unpaired) electrons. The van der Waals surface area contributed by atoms with Gasteiger partial charge in [0.1, 0.15) is 0 Å². The molecule has 0 amide bonds. The maximum atomic E-state index is 4.51. The quantitative estimate of drug-likeness (QED) is 0.608. The smallest absolute Gasteiger partial charge is 0.172 e. The number of hydrogen-bond acceptors (Lipinski definition) is 2. The molecule has 2 heterocycles. The molecule has 0 aliphatic heterocycles. The summed E-state index contributed by atoms with van der Waals surface area (Å²) in [5, 5.41) is 1.85. The number of alkyl halides is 1. The number of imidazole rings is 1. The minimum Gasteiger partial charge on any atom is -0.295 e. The van der Waals surface area contributed by atoms with Crippen LogP contribution in [-0.4, -0.2) is 15.6 Å². The molecule has 0 saturated heterocycles. The second-order valence-corrected chi connectivity index (χ2v) is 3.97. The lowest BCUT2D eigenvalue weighted by molar-refractivity contribution is 0.953. The SMILES string of the molecule is CSc1nc(CBr)c2ccccn12. The Morgan fingerprint density at radius 3 is 3.08 bits per heavy atom. The van der Waals surface area contributed by atoms with Crippen molar-refractivity contribution in [1.29, 1.82) is 0 Å². The van der Waals surface area contributed by atoms with Gasteiger partial charge in [0.15, 0.2) is 5.16 Å². The number of nitrogens with zero attached hydrogens (tertiary/aromatic N) is 2. The van der Waals surface area contributed by atoms with Gasteiger partial charge >= 0.3 is 0 Å². The van der Waals surface area contributed by atoms with Crippen LogP contribution in [0.25, 0.3) is 5.52 Å². The molecule has 0 aliphatic carbocycles. The predicted molar refractivity (Wildman–Crippen MR) is 59.6 cm³/mol. The molecule has 0 atom stereocenters. The number of halogens is 1. The van der Waals surface area contributed by atoms with Gasteiger partial charge in [0.25, 0.3) is 0 Å². The van der Waals surface area contributed by atoms with Gasteiger partial charge in [-0.05, 0) is 18.4 Å². The van der Waals surface area contributed by atoms with Gasteiger partial charge in [0.2, 0.25) is 0 Å². The highest BCUT2D eigenvalue weighted by atomic mass is 79.9. The average molecular weight is 257 g/mol. The Hall–Kier alpha value is -0.480. The van der Waals surface area contributed by atoms with Crippen molar-refractivity contribution in [3.8, 4) is 0 Å². The van der Waals surface area contributed by atoms with Crippen molar-refractivity contribution in [3.05, 3.63) is 30.1 Å². The number of rotatable bonds is 2. The van der Waals surface area contributed by atoms with E-state index in [0.29, 0.717) is 0 Å². The monoisotopic (exact) mass is 256 g/mol. The van der Waals surface area contributed by atoms with Crippen LogP contribution in [0.1, 0.15) is 5.69 Å². The molecule has 0 aliphatic rings. The van der Waals surface area contributed by atoms with Crippen molar-refractivity contribution in [1.82, 2.24) is 9.38 Å². The molecule has 0 saturated carbocycles. The van der Waals surface area contributed by atoms with Gasteiger partial charge in [0, 0.05) is 11.5 Å². The third-order valence-corrected chi connectivity index (χ3v) is 3.09. The fraction of sp³-hybridized carbons (Fsp3) is 0.222. The normalized spacial score (nSPS) is 10.9. The van der Waals surface area contributed by atoms with Crippen LogP contribution in [-0.2, 0) is 5.33 Å². The molecule has 0 N–H and O–H groups in total. The summed E-state index contributed by atoms with van der Waals surface area (Å²) in [6.07, 6.45) is 4.08. The summed E-state index contributed by atoms with van der Waals surface area (Å²) in [6, 6.07) is 6.14. The van der Waals surface area contributed by atoms with Gasteiger partial charge in [-0.1, -0.05) is 33.8 Å². The van der Waals surface area contributed by atoms with E-state index in [-0.39, 0.29) is 0 Å². The van der Waals surface area contributed by atoms with Crippen LogP contribution in [0, 0.1) is 0 Å². The van der Waals surface area contributed by atoms with Gasteiger partial charge in [0.05, 0.1) is 11.2 Å². The van der Waals surface area contributed by atoms with Crippen molar-refractivity contribution < 1.29 is 0 Å². The van der Waals surface area contributed by atoms with Crippen LogP contribution in [0.2, 0.25) is 0 Å². The molecule has 2 aromatic heterocycles. The van der Waals surface area contributed by atoms with E-state index in [0.717, 1.165) is 16.2 Å². The number of thioether (sulfide) groups is 1. The van der Waals surface area contributed by atoms with Crippen molar-refractivity contribution in [2.75, 3.05) is 6.26 Å². The Morgan fingerprint density at radius 1 is 1.54 bits per heavy atom. The molecule has 2 rings (SSSR count). The van der Waals surface area contributed by atoms with Crippen LogP contribution in [0.3, 0.4) is 0 Å². The number of hydrogen-bond donors (Lipinski definition) is 0. The van der Waals surface area contributed by atoms with Crippen LogP contribution in [0.5, 0.6) is 0 Å². The van der Waals surface area contributed by atoms with Gasteiger partial charge in [-0.15, -0.1) is 0 Å². The number of pyridine rings is 1. The third kappa shape index (κ3) is 1.48. The first-order chi connectivity index (χ1) is 6.36. The summed E-state index contributed by atoms with van der Waals surface area (Å²) in [5.74, 6) is 0. The highest BCUT2D eigenvalue weighted by molar-refractivity contribution is 9.08. The van der Waals surface area contributed by atoms with E-state index in [1.54, 1.807) is 11.8 Å². The third-order valence-electron chi connectivity index (χ3n) is 1.90. The second-order valence-electron chi connectivity index (χ2n) is 2.63. The second kappa shape index (κ2) is 3.72. The Morgan fingerprint density at radius 2 is 2.38 bits per heavy atom. The molecular weight excluding hydrogens is 248 g/mol. The van der Waals surface area contributed by atoms with Gasteiger partial charge in [-0.25, -0.2) is 4.98 Å². The van der Waals surface area contributed by atoms with E-state index in [1.807, 2.05) is 24.6 Å². The van der Waals surface area contributed by atoms with Crippen molar-refractivity contribution in [2.24, 2.45) is 0 Å². The van der Waals surface area contributed by atoms with E-state index in [1.165, 1.54) is 5.52 Å². The lowest BCUT2D eigenvalue weighted by atomic mass is 10.3. The Kier molecular flexibility index (Phi) is 2.60. The van der Waals surface area contributed by atoms with Crippen LogP contribution in [0.4, 0.5) is 0 Å². The Labute approximate surface area is 89.5 Å². The lowest BCUT2D eigenvalue weighted by Crippen LogP contribution is -1.83. The molecule has 2 nitrogen and oxygen atoms in total. The maximum absolute atomic E-state index is 4.51. The average Bonchev–Trinajstić information content (AvgIpc) is 2.56. The first kappa shape index (κ1) is 9.09. The summed E-state index contributed by atoms with van der Waals surface area (Å²) in [5.41, 5.74) is 2.29. The van der Waals surface area contributed by atoms with E-state index >= 15 is 0 Å². The highest BCUT2D eigenvalue weighted by Crippen LogP contribution is 2.21. The first-order valence-corrected chi connectivity index (χ1v) is 6.27. The molecule has 0 aromatic carbocycles. The zero-order valence-corrected chi connectivity index (χ0v) is 9.60. The van der Waals surface area contributed by atoms with Crippen LogP contribution < -0.4 is 0 Å². The first-order valence-electron chi connectivity index (χ1n) is 3.92. The maximum Gasteiger partial charge on any atom is 0.172 e. The van der Waals surface area contributed by atoms with Crippen molar-refractivity contribution >= 4 is 33.2 Å². The highest BCUT2D eigenvalue weighted by Gasteiger charge is 2.07. The van der Waals surface area contributed by atoms with E-state index in [9.17, 15) is 0 Å². The molecule has 4 heteroatoms.